The Morgan fingerprint density at radius 2 is 2.00 bits per heavy atom. The molecular formula is C12H16ClNO2. The molecule has 1 aliphatic rings. The van der Waals surface area contributed by atoms with Crippen LogP contribution < -0.4 is 14.8 Å². The predicted molar refractivity (Wildman–Crippen MR) is 64.1 cm³/mol. The maximum Gasteiger partial charge on any atom is 0.231 e. The number of rotatable bonds is 4. The molecule has 0 saturated carbocycles. The van der Waals surface area contributed by atoms with Crippen molar-refractivity contribution in [2.45, 2.75) is 20.4 Å². The molecular weight excluding hydrogens is 226 g/mol. The smallest absolute Gasteiger partial charge is 0.231 e. The summed E-state index contributed by atoms with van der Waals surface area (Å²) in [5.41, 5.74) is 1.05. The quantitative estimate of drug-likeness (QED) is 0.879. The van der Waals surface area contributed by atoms with E-state index in [1.165, 1.54) is 0 Å². The molecule has 0 radical (unpaired) electrons. The minimum Gasteiger partial charge on any atom is -0.454 e. The van der Waals surface area contributed by atoms with Crippen molar-refractivity contribution in [3.05, 3.63) is 22.7 Å². The van der Waals surface area contributed by atoms with E-state index in [-0.39, 0.29) is 6.79 Å². The zero-order valence-corrected chi connectivity index (χ0v) is 10.3. The second-order valence-corrected chi connectivity index (χ2v) is 4.73. The largest absolute Gasteiger partial charge is 0.454 e. The van der Waals surface area contributed by atoms with Gasteiger partial charge in [-0.1, -0.05) is 25.4 Å². The summed E-state index contributed by atoms with van der Waals surface area (Å²) in [6, 6.07) is 3.76. The minimum atomic E-state index is 0.286. The maximum absolute atomic E-state index is 6.15. The Hall–Kier alpha value is -0.930. The predicted octanol–water partition coefficient (Wildman–Crippen LogP) is 2.81. The molecule has 2 rings (SSSR count). The summed E-state index contributed by atoms with van der Waals surface area (Å²) in [7, 11) is 0. The van der Waals surface area contributed by atoms with E-state index in [1.54, 1.807) is 0 Å². The molecule has 0 aliphatic carbocycles. The Bertz CT molecular complexity index is 380. The second-order valence-electron chi connectivity index (χ2n) is 4.32. The van der Waals surface area contributed by atoms with Crippen LogP contribution in [0.4, 0.5) is 0 Å². The van der Waals surface area contributed by atoms with Crippen LogP contribution in [0.2, 0.25) is 5.02 Å². The van der Waals surface area contributed by atoms with E-state index in [1.807, 2.05) is 12.1 Å². The lowest BCUT2D eigenvalue weighted by Gasteiger charge is -2.09. The Kier molecular flexibility index (Phi) is 3.56. The van der Waals surface area contributed by atoms with Crippen LogP contribution in [0.3, 0.4) is 0 Å². The summed E-state index contributed by atoms with van der Waals surface area (Å²) < 4.78 is 10.6. The van der Waals surface area contributed by atoms with Gasteiger partial charge >= 0.3 is 0 Å². The van der Waals surface area contributed by atoms with E-state index in [0.717, 1.165) is 35.2 Å². The number of hydrogen-bond donors (Lipinski definition) is 1. The van der Waals surface area contributed by atoms with Gasteiger partial charge in [0.15, 0.2) is 11.5 Å². The Morgan fingerprint density at radius 3 is 2.69 bits per heavy atom. The van der Waals surface area contributed by atoms with E-state index in [4.69, 9.17) is 21.1 Å². The van der Waals surface area contributed by atoms with Crippen molar-refractivity contribution in [1.29, 1.82) is 0 Å². The summed E-state index contributed by atoms with van der Waals surface area (Å²) >= 11 is 6.15. The van der Waals surface area contributed by atoms with Crippen LogP contribution in [-0.2, 0) is 6.54 Å². The fourth-order valence-electron chi connectivity index (χ4n) is 1.59. The summed E-state index contributed by atoms with van der Waals surface area (Å²) in [6.45, 7) is 6.37. The molecule has 3 nitrogen and oxygen atoms in total. The first-order valence-corrected chi connectivity index (χ1v) is 5.83. The van der Waals surface area contributed by atoms with Gasteiger partial charge in [-0.2, -0.15) is 0 Å². The van der Waals surface area contributed by atoms with Crippen LogP contribution in [-0.4, -0.2) is 13.3 Å². The molecule has 1 aromatic carbocycles. The molecule has 0 saturated heterocycles. The number of fused-ring (bicyclic) bond motifs is 1. The van der Waals surface area contributed by atoms with Crippen molar-refractivity contribution in [3.8, 4) is 11.5 Å². The van der Waals surface area contributed by atoms with Crippen LogP contribution in [0, 0.1) is 5.92 Å². The van der Waals surface area contributed by atoms with Crippen molar-refractivity contribution in [2.75, 3.05) is 13.3 Å². The van der Waals surface area contributed by atoms with Crippen molar-refractivity contribution >= 4 is 11.6 Å². The lowest BCUT2D eigenvalue weighted by molar-refractivity contribution is 0.174. The fourth-order valence-corrected chi connectivity index (χ4v) is 1.81. The van der Waals surface area contributed by atoms with E-state index in [0.29, 0.717) is 5.92 Å². The van der Waals surface area contributed by atoms with E-state index >= 15 is 0 Å². The first-order chi connectivity index (χ1) is 7.66. The number of hydrogen-bond acceptors (Lipinski definition) is 3. The van der Waals surface area contributed by atoms with Crippen LogP contribution in [0.25, 0.3) is 0 Å². The molecule has 0 unspecified atom stereocenters. The molecule has 16 heavy (non-hydrogen) atoms. The normalized spacial score (nSPS) is 13.5. The van der Waals surface area contributed by atoms with Crippen molar-refractivity contribution in [3.63, 3.8) is 0 Å². The first kappa shape index (κ1) is 11.6. The minimum absolute atomic E-state index is 0.286. The first-order valence-electron chi connectivity index (χ1n) is 5.45. The number of halogens is 1. The van der Waals surface area contributed by atoms with Crippen LogP contribution in [0.1, 0.15) is 19.4 Å². The van der Waals surface area contributed by atoms with Crippen LogP contribution in [0.15, 0.2) is 12.1 Å². The van der Waals surface area contributed by atoms with Crippen molar-refractivity contribution in [1.82, 2.24) is 5.32 Å². The highest BCUT2D eigenvalue weighted by Crippen LogP contribution is 2.36. The van der Waals surface area contributed by atoms with Gasteiger partial charge in [-0.3, -0.25) is 0 Å². The second kappa shape index (κ2) is 4.93. The van der Waals surface area contributed by atoms with Gasteiger partial charge in [0, 0.05) is 17.6 Å². The monoisotopic (exact) mass is 241 g/mol. The lowest BCUT2D eigenvalue weighted by atomic mass is 10.2. The molecule has 1 heterocycles. The van der Waals surface area contributed by atoms with Gasteiger partial charge in [-0.05, 0) is 24.1 Å². The van der Waals surface area contributed by atoms with Gasteiger partial charge in [-0.25, -0.2) is 0 Å². The summed E-state index contributed by atoms with van der Waals surface area (Å²) in [5.74, 6) is 2.15. The van der Waals surface area contributed by atoms with Crippen molar-refractivity contribution < 1.29 is 9.47 Å². The van der Waals surface area contributed by atoms with Gasteiger partial charge in [-0.15, -0.1) is 0 Å². The third-order valence-electron chi connectivity index (χ3n) is 2.41. The molecule has 0 amide bonds. The molecule has 0 aromatic heterocycles. The summed E-state index contributed by atoms with van der Waals surface area (Å²) in [6.07, 6.45) is 0. The number of nitrogens with one attached hydrogen (secondary N) is 1. The summed E-state index contributed by atoms with van der Waals surface area (Å²) in [4.78, 5) is 0. The molecule has 4 heteroatoms. The standard InChI is InChI=1S/C12H16ClNO2/c1-8(2)5-14-6-9-3-11-12(4-10(9)13)16-7-15-11/h3-4,8,14H,5-7H2,1-2H3. The van der Waals surface area contributed by atoms with Gasteiger partial charge in [0.2, 0.25) is 6.79 Å². The van der Waals surface area contributed by atoms with E-state index in [9.17, 15) is 0 Å². The molecule has 0 spiro atoms. The third-order valence-corrected chi connectivity index (χ3v) is 2.76. The SMILES string of the molecule is CC(C)CNCc1cc2c(cc1Cl)OCO2. The zero-order valence-electron chi connectivity index (χ0n) is 9.55. The highest BCUT2D eigenvalue weighted by molar-refractivity contribution is 6.31. The van der Waals surface area contributed by atoms with E-state index < -0.39 is 0 Å². The highest BCUT2D eigenvalue weighted by Gasteiger charge is 2.16. The van der Waals surface area contributed by atoms with Gasteiger partial charge < -0.3 is 14.8 Å². The molecule has 1 aromatic rings. The van der Waals surface area contributed by atoms with Crippen molar-refractivity contribution in [2.24, 2.45) is 5.92 Å². The van der Waals surface area contributed by atoms with Crippen LogP contribution in [0.5, 0.6) is 11.5 Å². The Balaban J connectivity index is 2.04. The Morgan fingerprint density at radius 1 is 1.31 bits per heavy atom. The molecule has 1 N–H and O–H groups in total. The fraction of sp³-hybridized carbons (Fsp3) is 0.500. The summed E-state index contributed by atoms with van der Waals surface area (Å²) in [5, 5.41) is 4.08. The highest BCUT2D eigenvalue weighted by atomic mass is 35.5. The average molecular weight is 242 g/mol. The molecule has 0 bridgehead atoms. The zero-order chi connectivity index (χ0) is 11.5. The number of ether oxygens (including phenoxy) is 2. The molecule has 88 valence electrons. The average Bonchev–Trinajstić information content (AvgIpc) is 2.64. The Labute approximate surface area is 101 Å². The molecule has 1 aliphatic heterocycles. The van der Waals surface area contributed by atoms with Crippen LogP contribution >= 0.6 is 11.6 Å². The van der Waals surface area contributed by atoms with Gasteiger partial charge in [0.25, 0.3) is 0 Å². The number of benzene rings is 1. The third kappa shape index (κ3) is 2.60. The molecule has 0 atom stereocenters. The lowest BCUT2D eigenvalue weighted by Crippen LogP contribution is -2.19. The maximum atomic E-state index is 6.15. The topological polar surface area (TPSA) is 30.5 Å². The molecule has 0 fully saturated rings. The van der Waals surface area contributed by atoms with E-state index in [2.05, 4.69) is 19.2 Å². The van der Waals surface area contributed by atoms with Gasteiger partial charge in [0.1, 0.15) is 0 Å². The van der Waals surface area contributed by atoms with Gasteiger partial charge in [0.05, 0.1) is 0 Å².